The summed E-state index contributed by atoms with van der Waals surface area (Å²) in [5.41, 5.74) is 5.93. The molecular weight excluding hydrogens is 370 g/mol. The highest BCUT2D eigenvalue weighted by molar-refractivity contribution is 7.92. The molecule has 2 aromatic carbocycles. The molecule has 1 unspecified atom stereocenters. The monoisotopic (exact) mass is 391 g/mol. The van der Waals surface area contributed by atoms with Crippen LogP contribution in [0.2, 0.25) is 0 Å². The van der Waals surface area contributed by atoms with Crippen LogP contribution in [0.4, 0.5) is 11.4 Å². The molecule has 0 heterocycles. The maximum Gasteiger partial charge on any atom is 0.250 e. The van der Waals surface area contributed by atoms with Crippen molar-refractivity contribution >= 4 is 33.2 Å². The molecule has 0 radical (unpaired) electrons. The van der Waals surface area contributed by atoms with E-state index in [9.17, 15) is 18.0 Å². The number of hydrogen-bond donors (Lipinski definition) is 2. The highest BCUT2D eigenvalue weighted by atomic mass is 32.2. The van der Waals surface area contributed by atoms with E-state index in [1.807, 2.05) is 0 Å². The molecule has 0 spiro atoms. The summed E-state index contributed by atoms with van der Waals surface area (Å²) < 4.78 is 30.8. The third-order valence-corrected chi connectivity index (χ3v) is 5.09. The summed E-state index contributed by atoms with van der Waals surface area (Å²) in [4.78, 5) is 24.2. The predicted molar refractivity (Wildman–Crippen MR) is 103 cm³/mol. The Balaban J connectivity index is 2.37. The van der Waals surface area contributed by atoms with E-state index in [0.717, 1.165) is 10.6 Å². The molecule has 0 bridgehead atoms. The van der Waals surface area contributed by atoms with Crippen LogP contribution < -0.4 is 20.1 Å². The first-order chi connectivity index (χ1) is 12.6. The van der Waals surface area contributed by atoms with Crippen molar-refractivity contribution < 1.29 is 22.7 Å². The number of nitrogens with two attached hydrogens (primary N) is 1. The van der Waals surface area contributed by atoms with Crippen LogP contribution in [0.25, 0.3) is 0 Å². The summed E-state index contributed by atoms with van der Waals surface area (Å²) in [6.45, 7) is 1.45. The molecule has 0 fully saturated rings. The predicted octanol–water partition coefficient (Wildman–Crippen LogP) is 1.59. The van der Waals surface area contributed by atoms with E-state index in [1.165, 1.54) is 32.2 Å². The number of nitrogens with zero attached hydrogens (tertiary/aromatic N) is 1. The molecular formula is C18H21N3O5S. The van der Waals surface area contributed by atoms with Crippen LogP contribution >= 0.6 is 0 Å². The zero-order valence-corrected chi connectivity index (χ0v) is 16.0. The van der Waals surface area contributed by atoms with Gasteiger partial charge in [0.15, 0.2) is 0 Å². The fourth-order valence-electron chi connectivity index (χ4n) is 2.60. The summed E-state index contributed by atoms with van der Waals surface area (Å²) in [6.07, 6.45) is 1.01. The summed E-state index contributed by atoms with van der Waals surface area (Å²) in [5, 5.41) is 2.57. The largest absolute Gasteiger partial charge is 0.497 e. The van der Waals surface area contributed by atoms with Gasteiger partial charge in [0, 0.05) is 6.07 Å². The Hall–Kier alpha value is -3.07. The lowest BCUT2D eigenvalue weighted by Gasteiger charge is -2.28. The van der Waals surface area contributed by atoms with Gasteiger partial charge in [-0.15, -0.1) is 0 Å². The summed E-state index contributed by atoms with van der Waals surface area (Å²) >= 11 is 0. The Bertz CT molecular complexity index is 959. The van der Waals surface area contributed by atoms with Crippen LogP contribution in [-0.2, 0) is 14.8 Å². The first-order valence-electron chi connectivity index (χ1n) is 7.98. The fraction of sp³-hybridized carbons (Fsp3) is 0.222. The Morgan fingerprint density at radius 1 is 1.15 bits per heavy atom. The number of sulfonamides is 1. The van der Waals surface area contributed by atoms with E-state index in [2.05, 4.69) is 5.32 Å². The summed E-state index contributed by atoms with van der Waals surface area (Å²) in [7, 11) is -2.32. The van der Waals surface area contributed by atoms with Gasteiger partial charge in [0.1, 0.15) is 11.8 Å². The van der Waals surface area contributed by atoms with Gasteiger partial charge in [-0.1, -0.05) is 18.2 Å². The number of hydrogen-bond acceptors (Lipinski definition) is 5. The van der Waals surface area contributed by atoms with Gasteiger partial charge >= 0.3 is 0 Å². The second-order valence-corrected chi connectivity index (χ2v) is 7.69. The SMILES string of the molecule is COc1cccc(N(C(C)C(=O)Nc2ccccc2C(N)=O)S(C)(=O)=O)c1. The number of rotatable bonds is 7. The minimum atomic E-state index is -3.78. The fourth-order valence-corrected chi connectivity index (χ4v) is 3.77. The first kappa shape index (κ1) is 20.2. The molecule has 0 aliphatic rings. The number of carbonyl (C=O) groups excluding carboxylic acids is 2. The van der Waals surface area contributed by atoms with E-state index in [0.29, 0.717) is 5.75 Å². The molecule has 2 rings (SSSR count). The average Bonchev–Trinajstić information content (AvgIpc) is 2.61. The van der Waals surface area contributed by atoms with Crippen LogP contribution in [0.3, 0.4) is 0 Å². The molecule has 0 aliphatic carbocycles. The number of primary amides is 1. The van der Waals surface area contributed by atoms with E-state index in [1.54, 1.807) is 30.3 Å². The number of benzene rings is 2. The number of amides is 2. The van der Waals surface area contributed by atoms with Gasteiger partial charge in [-0.3, -0.25) is 13.9 Å². The van der Waals surface area contributed by atoms with E-state index < -0.39 is 27.9 Å². The molecule has 27 heavy (non-hydrogen) atoms. The molecule has 8 nitrogen and oxygen atoms in total. The molecule has 2 aromatic rings. The lowest BCUT2D eigenvalue weighted by Crippen LogP contribution is -2.45. The van der Waals surface area contributed by atoms with Crippen molar-refractivity contribution in [2.75, 3.05) is 23.0 Å². The molecule has 2 amide bonds. The van der Waals surface area contributed by atoms with Crippen molar-refractivity contribution in [2.45, 2.75) is 13.0 Å². The van der Waals surface area contributed by atoms with Crippen molar-refractivity contribution in [1.29, 1.82) is 0 Å². The quantitative estimate of drug-likeness (QED) is 0.743. The van der Waals surface area contributed by atoms with E-state index in [4.69, 9.17) is 10.5 Å². The van der Waals surface area contributed by atoms with Crippen LogP contribution in [0, 0.1) is 0 Å². The molecule has 3 N–H and O–H groups in total. The van der Waals surface area contributed by atoms with Crippen molar-refractivity contribution in [3.05, 3.63) is 54.1 Å². The normalized spacial score (nSPS) is 12.1. The van der Waals surface area contributed by atoms with Gasteiger partial charge in [-0.2, -0.15) is 0 Å². The lowest BCUT2D eigenvalue weighted by molar-refractivity contribution is -0.116. The molecule has 0 saturated heterocycles. The van der Waals surface area contributed by atoms with Gasteiger partial charge in [0.25, 0.3) is 5.91 Å². The van der Waals surface area contributed by atoms with Crippen LogP contribution in [0.1, 0.15) is 17.3 Å². The smallest absolute Gasteiger partial charge is 0.250 e. The van der Waals surface area contributed by atoms with Crippen LogP contribution in [0.15, 0.2) is 48.5 Å². The van der Waals surface area contributed by atoms with Gasteiger partial charge in [-0.05, 0) is 31.2 Å². The molecule has 0 aromatic heterocycles. The van der Waals surface area contributed by atoms with Crippen molar-refractivity contribution in [2.24, 2.45) is 5.73 Å². The number of methoxy groups -OCH3 is 1. The number of ether oxygens (including phenoxy) is 1. The number of carbonyl (C=O) groups is 2. The molecule has 1 atom stereocenters. The Kier molecular flexibility index (Phi) is 6.06. The zero-order chi connectivity index (χ0) is 20.2. The molecule has 9 heteroatoms. The summed E-state index contributed by atoms with van der Waals surface area (Å²) in [6, 6.07) is 11.5. The molecule has 144 valence electrons. The van der Waals surface area contributed by atoms with Gasteiger partial charge < -0.3 is 15.8 Å². The standard InChI is InChI=1S/C18H21N3O5S/c1-12(18(23)20-16-10-5-4-9-15(16)17(19)22)21(27(3,24)25)13-7-6-8-14(11-13)26-2/h4-12H,1-3H3,(H2,19,22)(H,20,23). The van der Waals surface area contributed by atoms with Gasteiger partial charge in [0.2, 0.25) is 15.9 Å². The van der Waals surface area contributed by atoms with Crippen molar-refractivity contribution in [3.8, 4) is 5.75 Å². The van der Waals surface area contributed by atoms with Gasteiger partial charge in [-0.25, -0.2) is 8.42 Å². The highest BCUT2D eigenvalue weighted by Gasteiger charge is 2.30. The van der Waals surface area contributed by atoms with Crippen LogP contribution in [0.5, 0.6) is 5.75 Å². The Morgan fingerprint density at radius 2 is 1.81 bits per heavy atom. The van der Waals surface area contributed by atoms with Crippen molar-refractivity contribution in [1.82, 2.24) is 0 Å². The first-order valence-corrected chi connectivity index (χ1v) is 9.83. The third kappa shape index (κ3) is 4.76. The summed E-state index contributed by atoms with van der Waals surface area (Å²) in [5.74, 6) is -0.865. The minimum Gasteiger partial charge on any atom is -0.497 e. The number of anilines is 2. The highest BCUT2D eigenvalue weighted by Crippen LogP contribution is 2.26. The maximum atomic E-state index is 12.7. The Morgan fingerprint density at radius 3 is 2.41 bits per heavy atom. The third-order valence-electron chi connectivity index (χ3n) is 3.85. The lowest BCUT2D eigenvalue weighted by atomic mass is 10.1. The molecule has 0 saturated carbocycles. The topological polar surface area (TPSA) is 119 Å². The van der Waals surface area contributed by atoms with Crippen LogP contribution in [-0.4, -0.2) is 39.6 Å². The second kappa shape index (κ2) is 8.09. The number of nitrogens with one attached hydrogen (secondary N) is 1. The Labute approximate surface area is 158 Å². The maximum absolute atomic E-state index is 12.7. The van der Waals surface area contributed by atoms with E-state index >= 15 is 0 Å². The minimum absolute atomic E-state index is 0.130. The van der Waals surface area contributed by atoms with Gasteiger partial charge in [0.05, 0.1) is 30.3 Å². The zero-order valence-electron chi connectivity index (χ0n) is 15.2. The van der Waals surface area contributed by atoms with Crippen molar-refractivity contribution in [3.63, 3.8) is 0 Å². The molecule has 0 aliphatic heterocycles. The average molecular weight is 391 g/mol. The van der Waals surface area contributed by atoms with E-state index in [-0.39, 0.29) is 16.9 Å². The number of para-hydroxylation sites is 1. The second-order valence-electron chi connectivity index (χ2n) is 5.84.